The molecule has 0 unspecified atom stereocenters. The highest BCUT2D eigenvalue weighted by Gasteiger charge is 2.30. The van der Waals surface area contributed by atoms with Crippen LogP contribution >= 0.6 is 34.8 Å². The number of fused-ring (bicyclic) bond motifs is 2. The number of carbonyl (C=O) groups is 1. The summed E-state index contributed by atoms with van der Waals surface area (Å²) in [6.45, 7) is 2.71. The molecule has 0 aromatic heterocycles. The molecule has 3 aromatic carbocycles. The van der Waals surface area contributed by atoms with Crippen molar-refractivity contribution in [2.75, 3.05) is 6.79 Å². The van der Waals surface area contributed by atoms with Crippen LogP contribution in [-0.4, -0.2) is 12.6 Å². The first-order valence-electron chi connectivity index (χ1n) is 10.1. The van der Waals surface area contributed by atoms with E-state index in [9.17, 15) is 4.79 Å². The molecular formula is C25H17Cl3O5. The molecule has 5 nitrogen and oxygen atoms in total. The Kier molecular flexibility index (Phi) is 5.97. The number of carbonyl (C=O) groups excluding carboxylic acids is 1. The minimum absolute atomic E-state index is 0.184. The largest absolute Gasteiger partial charge is 0.488 e. The Labute approximate surface area is 205 Å². The van der Waals surface area contributed by atoms with Gasteiger partial charge in [0, 0.05) is 21.7 Å². The van der Waals surface area contributed by atoms with E-state index in [0.717, 1.165) is 22.4 Å². The van der Waals surface area contributed by atoms with Gasteiger partial charge >= 0.3 is 0 Å². The molecule has 0 bridgehead atoms. The first kappa shape index (κ1) is 22.1. The molecule has 2 aliphatic rings. The van der Waals surface area contributed by atoms with Crippen LogP contribution in [-0.2, 0) is 18.0 Å². The van der Waals surface area contributed by atoms with Crippen LogP contribution in [0.5, 0.6) is 17.2 Å². The summed E-state index contributed by atoms with van der Waals surface area (Å²) < 4.78 is 23.0. The van der Waals surface area contributed by atoms with Gasteiger partial charge in [-0.3, -0.25) is 4.79 Å². The number of hydrogen-bond donors (Lipinski definition) is 0. The van der Waals surface area contributed by atoms with Crippen LogP contribution in [0.15, 0.2) is 48.2 Å². The average molecular weight is 504 g/mol. The molecule has 0 fully saturated rings. The number of allylic oxidation sites excluding steroid dienone is 1. The van der Waals surface area contributed by atoms with Gasteiger partial charge in [-0.1, -0.05) is 40.9 Å². The Hall–Kier alpha value is -2.70. The maximum absolute atomic E-state index is 12.9. The zero-order valence-electron chi connectivity index (χ0n) is 17.4. The van der Waals surface area contributed by atoms with Gasteiger partial charge in [-0.15, -0.1) is 0 Å². The Morgan fingerprint density at radius 1 is 1.03 bits per heavy atom. The topological polar surface area (TPSA) is 54.0 Å². The molecular weight excluding hydrogens is 487 g/mol. The van der Waals surface area contributed by atoms with Gasteiger partial charge in [0.15, 0.2) is 12.6 Å². The number of ketones is 1. The monoisotopic (exact) mass is 502 g/mol. The Bertz CT molecular complexity index is 1320. The van der Waals surface area contributed by atoms with Crippen LogP contribution < -0.4 is 14.2 Å². The lowest BCUT2D eigenvalue weighted by Crippen LogP contribution is -2.14. The third-order valence-electron chi connectivity index (χ3n) is 5.41. The van der Waals surface area contributed by atoms with Crippen LogP contribution in [0.1, 0.15) is 32.6 Å². The number of ether oxygens (including phenoxy) is 4. The van der Waals surface area contributed by atoms with Gasteiger partial charge in [0.1, 0.15) is 23.9 Å². The summed E-state index contributed by atoms with van der Waals surface area (Å²) >= 11 is 18.3. The van der Waals surface area contributed by atoms with Gasteiger partial charge in [-0.2, -0.15) is 0 Å². The third kappa shape index (κ3) is 4.30. The highest BCUT2D eigenvalue weighted by molar-refractivity contribution is 6.42. The number of Topliss-reactive ketones (excluding diaryl/α,β-unsaturated/α-hetero) is 1. The van der Waals surface area contributed by atoms with Crippen molar-refractivity contribution < 1.29 is 23.7 Å². The number of benzene rings is 3. The van der Waals surface area contributed by atoms with Crippen LogP contribution in [0, 0.1) is 6.92 Å². The minimum Gasteiger partial charge on any atom is -0.488 e. The molecule has 5 rings (SSSR count). The molecule has 0 aliphatic carbocycles. The van der Waals surface area contributed by atoms with E-state index in [-0.39, 0.29) is 24.9 Å². The van der Waals surface area contributed by atoms with Crippen molar-refractivity contribution >= 4 is 46.7 Å². The molecule has 33 heavy (non-hydrogen) atoms. The molecule has 0 amide bonds. The normalized spacial score (nSPS) is 15.6. The van der Waals surface area contributed by atoms with Crippen molar-refractivity contribution in [3.05, 3.63) is 91.1 Å². The molecule has 8 heteroatoms. The SMILES string of the molecule is Cc1c(OCc2cc(Cl)cc3c2OCOC3)ccc2c1O/C(=C\c1ccc(Cl)c(Cl)c1)C2=O. The van der Waals surface area contributed by atoms with E-state index < -0.39 is 0 Å². The average Bonchev–Trinajstić information content (AvgIpc) is 3.11. The first-order valence-corrected chi connectivity index (χ1v) is 11.2. The molecule has 0 spiro atoms. The van der Waals surface area contributed by atoms with Crippen molar-refractivity contribution in [3.63, 3.8) is 0 Å². The molecule has 0 atom stereocenters. The molecule has 0 saturated carbocycles. The van der Waals surface area contributed by atoms with Crippen molar-refractivity contribution in [3.8, 4) is 17.2 Å². The van der Waals surface area contributed by atoms with E-state index >= 15 is 0 Å². The second-order valence-corrected chi connectivity index (χ2v) is 8.88. The van der Waals surface area contributed by atoms with Gasteiger partial charge in [0.25, 0.3) is 0 Å². The van der Waals surface area contributed by atoms with E-state index in [0.29, 0.717) is 44.3 Å². The first-order chi connectivity index (χ1) is 15.9. The highest BCUT2D eigenvalue weighted by Crippen LogP contribution is 2.40. The lowest BCUT2D eigenvalue weighted by Gasteiger charge is -2.21. The van der Waals surface area contributed by atoms with E-state index in [1.807, 2.05) is 19.1 Å². The van der Waals surface area contributed by atoms with Crippen LogP contribution in [0.3, 0.4) is 0 Å². The summed E-state index contributed by atoms with van der Waals surface area (Å²) in [5, 5.41) is 1.43. The van der Waals surface area contributed by atoms with Crippen molar-refractivity contribution in [1.29, 1.82) is 0 Å². The van der Waals surface area contributed by atoms with Gasteiger partial charge in [0.2, 0.25) is 5.78 Å². The maximum atomic E-state index is 12.9. The van der Waals surface area contributed by atoms with Crippen molar-refractivity contribution in [1.82, 2.24) is 0 Å². The van der Waals surface area contributed by atoms with Gasteiger partial charge in [0.05, 0.1) is 22.2 Å². The summed E-state index contributed by atoms with van der Waals surface area (Å²) in [6.07, 6.45) is 1.64. The fourth-order valence-electron chi connectivity index (χ4n) is 3.80. The molecule has 168 valence electrons. The Balaban J connectivity index is 1.39. The van der Waals surface area contributed by atoms with E-state index in [2.05, 4.69) is 0 Å². The molecule has 3 aromatic rings. The molecule has 0 radical (unpaired) electrons. The molecule has 0 saturated heterocycles. The summed E-state index contributed by atoms with van der Waals surface area (Å²) in [5.74, 6) is 1.80. The molecule has 0 N–H and O–H groups in total. The Morgan fingerprint density at radius 3 is 2.70 bits per heavy atom. The fourth-order valence-corrected chi connectivity index (χ4v) is 4.37. The zero-order chi connectivity index (χ0) is 23.1. The molecule has 2 aliphatic heterocycles. The standard InChI is InChI=1S/C25H17Cl3O5/c1-13-21(31-11-16-9-17(26)8-15-10-30-12-32-25(15)16)5-3-18-23(29)22(33-24(13)18)7-14-2-4-19(27)20(28)6-14/h2-9H,10-12H2,1H3/b22-7-. The second-order valence-electron chi connectivity index (χ2n) is 7.63. The van der Waals surface area contributed by atoms with E-state index in [1.54, 1.807) is 36.4 Å². The van der Waals surface area contributed by atoms with E-state index in [1.165, 1.54) is 0 Å². The number of hydrogen-bond acceptors (Lipinski definition) is 5. The molecule has 2 heterocycles. The second kappa shape index (κ2) is 8.92. The number of rotatable bonds is 4. The summed E-state index contributed by atoms with van der Waals surface area (Å²) in [7, 11) is 0. The smallest absolute Gasteiger partial charge is 0.231 e. The van der Waals surface area contributed by atoms with Crippen molar-refractivity contribution in [2.45, 2.75) is 20.1 Å². The van der Waals surface area contributed by atoms with Gasteiger partial charge in [-0.05, 0) is 55.0 Å². The zero-order valence-corrected chi connectivity index (χ0v) is 19.7. The summed E-state index contributed by atoms with van der Waals surface area (Å²) in [5.41, 5.74) is 3.61. The van der Waals surface area contributed by atoms with Crippen molar-refractivity contribution in [2.24, 2.45) is 0 Å². The van der Waals surface area contributed by atoms with Crippen LogP contribution in [0.4, 0.5) is 0 Å². The lowest BCUT2D eigenvalue weighted by atomic mass is 10.1. The predicted molar refractivity (Wildman–Crippen MR) is 127 cm³/mol. The van der Waals surface area contributed by atoms with Crippen LogP contribution in [0.2, 0.25) is 15.1 Å². The Morgan fingerprint density at radius 2 is 1.88 bits per heavy atom. The number of halogens is 3. The predicted octanol–water partition coefficient (Wildman–Crippen LogP) is 7.02. The fraction of sp³-hybridized carbons (Fsp3) is 0.160. The highest BCUT2D eigenvalue weighted by atomic mass is 35.5. The van der Waals surface area contributed by atoms with Crippen LogP contribution in [0.25, 0.3) is 6.08 Å². The summed E-state index contributed by atoms with van der Waals surface area (Å²) in [6, 6.07) is 12.2. The summed E-state index contributed by atoms with van der Waals surface area (Å²) in [4.78, 5) is 12.9. The van der Waals surface area contributed by atoms with Gasteiger partial charge in [-0.25, -0.2) is 0 Å². The van der Waals surface area contributed by atoms with Gasteiger partial charge < -0.3 is 18.9 Å². The quantitative estimate of drug-likeness (QED) is 0.358. The lowest BCUT2D eigenvalue weighted by molar-refractivity contribution is -0.0175. The minimum atomic E-state index is -0.206. The maximum Gasteiger partial charge on any atom is 0.231 e. The van der Waals surface area contributed by atoms with E-state index in [4.69, 9.17) is 53.8 Å². The third-order valence-corrected chi connectivity index (χ3v) is 6.37.